The zero-order valence-corrected chi connectivity index (χ0v) is 13.3. The summed E-state index contributed by atoms with van der Waals surface area (Å²) in [4.78, 5) is 2.85. The van der Waals surface area contributed by atoms with Crippen LogP contribution in [0.25, 0.3) is 0 Å². The highest BCUT2D eigenvalue weighted by Gasteiger charge is 2.29. The molecule has 0 aromatic carbocycles. The third-order valence-corrected chi connectivity index (χ3v) is 5.55. The fourth-order valence-electron chi connectivity index (χ4n) is 3.96. The first kappa shape index (κ1) is 15.3. The number of piperidine rings is 1. The third-order valence-electron chi connectivity index (χ3n) is 5.55. The van der Waals surface area contributed by atoms with Crippen LogP contribution in [0.1, 0.15) is 59.3 Å². The van der Waals surface area contributed by atoms with Crippen LogP contribution in [0.5, 0.6) is 0 Å². The number of rotatable bonds is 5. The summed E-state index contributed by atoms with van der Waals surface area (Å²) in [5.74, 6) is 2.81. The van der Waals surface area contributed by atoms with Gasteiger partial charge in [-0.15, -0.1) is 0 Å². The Kier molecular flexibility index (Phi) is 6.15. The molecule has 0 aromatic heterocycles. The summed E-state index contributed by atoms with van der Waals surface area (Å²) in [5, 5.41) is 3.49. The first-order valence-corrected chi connectivity index (χ1v) is 8.65. The minimum absolute atomic E-state index is 0.876. The van der Waals surface area contributed by atoms with Crippen LogP contribution in [0.3, 0.4) is 0 Å². The molecule has 0 radical (unpaired) electrons. The van der Waals surface area contributed by atoms with Crippen molar-refractivity contribution in [1.29, 1.82) is 0 Å². The van der Waals surface area contributed by atoms with E-state index < -0.39 is 0 Å². The van der Waals surface area contributed by atoms with Crippen molar-refractivity contribution in [1.82, 2.24) is 10.2 Å². The van der Waals surface area contributed by atoms with Gasteiger partial charge in [-0.1, -0.05) is 20.8 Å². The molecule has 112 valence electrons. The monoisotopic (exact) mass is 266 g/mol. The lowest BCUT2D eigenvalue weighted by Gasteiger charge is -2.41. The van der Waals surface area contributed by atoms with Crippen LogP contribution in [0.4, 0.5) is 0 Å². The van der Waals surface area contributed by atoms with Gasteiger partial charge >= 0.3 is 0 Å². The zero-order chi connectivity index (χ0) is 13.7. The minimum Gasteiger partial charge on any atom is -0.317 e. The lowest BCUT2D eigenvalue weighted by molar-refractivity contribution is 0.0878. The van der Waals surface area contributed by atoms with Crippen molar-refractivity contribution in [2.24, 2.45) is 17.8 Å². The number of hydrogen-bond acceptors (Lipinski definition) is 2. The molecule has 2 nitrogen and oxygen atoms in total. The first-order valence-electron chi connectivity index (χ1n) is 8.65. The predicted molar refractivity (Wildman–Crippen MR) is 83.4 cm³/mol. The van der Waals surface area contributed by atoms with Gasteiger partial charge in [0.1, 0.15) is 0 Å². The number of hydrogen-bond donors (Lipinski definition) is 1. The van der Waals surface area contributed by atoms with E-state index in [1.54, 1.807) is 0 Å². The Morgan fingerprint density at radius 2 is 1.74 bits per heavy atom. The Labute approximate surface area is 120 Å². The second-order valence-electron chi connectivity index (χ2n) is 7.11. The molecule has 3 unspecified atom stereocenters. The molecule has 1 N–H and O–H groups in total. The average molecular weight is 266 g/mol. The molecule has 1 heterocycles. The second kappa shape index (κ2) is 7.64. The van der Waals surface area contributed by atoms with Gasteiger partial charge in [0, 0.05) is 12.6 Å². The Bertz CT molecular complexity index is 248. The van der Waals surface area contributed by atoms with Crippen LogP contribution in [-0.4, -0.2) is 37.1 Å². The van der Waals surface area contributed by atoms with E-state index in [-0.39, 0.29) is 0 Å². The lowest BCUT2D eigenvalue weighted by atomic mass is 9.78. The molecule has 0 spiro atoms. The van der Waals surface area contributed by atoms with Crippen LogP contribution in [-0.2, 0) is 0 Å². The highest BCUT2D eigenvalue weighted by atomic mass is 15.2. The van der Waals surface area contributed by atoms with Gasteiger partial charge in [0.2, 0.25) is 0 Å². The number of nitrogens with one attached hydrogen (secondary N) is 1. The molecule has 2 fully saturated rings. The SMILES string of the molecule is CCCN(CC1CCNCC1)C1CCC(C)C(C)C1. The largest absolute Gasteiger partial charge is 0.317 e. The summed E-state index contributed by atoms with van der Waals surface area (Å²) in [6, 6.07) is 0.876. The van der Waals surface area contributed by atoms with E-state index in [4.69, 9.17) is 0 Å². The molecule has 1 saturated heterocycles. The fourth-order valence-corrected chi connectivity index (χ4v) is 3.96. The van der Waals surface area contributed by atoms with Gasteiger partial charge in [0.05, 0.1) is 0 Å². The van der Waals surface area contributed by atoms with E-state index in [9.17, 15) is 0 Å². The fraction of sp³-hybridized carbons (Fsp3) is 1.00. The normalized spacial score (nSPS) is 33.8. The van der Waals surface area contributed by atoms with Crippen LogP contribution in [0.15, 0.2) is 0 Å². The van der Waals surface area contributed by atoms with Gasteiger partial charge in [0.25, 0.3) is 0 Å². The van der Waals surface area contributed by atoms with Crippen molar-refractivity contribution in [3.63, 3.8) is 0 Å². The molecule has 1 aliphatic carbocycles. The van der Waals surface area contributed by atoms with Gasteiger partial charge in [-0.05, 0) is 75.9 Å². The molecule has 0 aromatic rings. The molecule has 3 atom stereocenters. The summed E-state index contributed by atoms with van der Waals surface area (Å²) in [7, 11) is 0. The van der Waals surface area contributed by atoms with E-state index in [1.165, 1.54) is 64.7 Å². The van der Waals surface area contributed by atoms with Crippen molar-refractivity contribution < 1.29 is 0 Å². The summed E-state index contributed by atoms with van der Waals surface area (Å²) in [6.45, 7) is 12.4. The van der Waals surface area contributed by atoms with Crippen molar-refractivity contribution >= 4 is 0 Å². The van der Waals surface area contributed by atoms with Gasteiger partial charge in [0.15, 0.2) is 0 Å². The maximum absolute atomic E-state index is 3.49. The summed E-state index contributed by atoms with van der Waals surface area (Å²) in [6.07, 6.45) is 8.41. The topological polar surface area (TPSA) is 15.3 Å². The van der Waals surface area contributed by atoms with Crippen LogP contribution in [0, 0.1) is 17.8 Å². The highest BCUT2D eigenvalue weighted by Crippen LogP contribution is 2.32. The van der Waals surface area contributed by atoms with Crippen molar-refractivity contribution in [2.45, 2.75) is 65.3 Å². The molecular weight excluding hydrogens is 232 g/mol. The maximum Gasteiger partial charge on any atom is 0.00981 e. The van der Waals surface area contributed by atoms with E-state index in [0.717, 1.165) is 23.8 Å². The smallest absolute Gasteiger partial charge is 0.00981 e. The van der Waals surface area contributed by atoms with Gasteiger partial charge in [-0.2, -0.15) is 0 Å². The minimum atomic E-state index is 0.876. The Hall–Kier alpha value is -0.0800. The van der Waals surface area contributed by atoms with Gasteiger partial charge in [-0.25, -0.2) is 0 Å². The van der Waals surface area contributed by atoms with Crippen LogP contribution >= 0.6 is 0 Å². The lowest BCUT2D eigenvalue weighted by Crippen LogP contribution is -2.44. The van der Waals surface area contributed by atoms with E-state index in [0.29, 0.717) is 0 Å². The molecule has 2 rings (SSSR count). The zero-order valence-electron chi connectivity index (χ0n) is 13.3. The van der Waals surface area contributed by atoms with Gasteiger partial charge < -0.3 is 10.2 Å². The van der Waals surface area contributed by atoms with Crippen LogP contribution in [0.2, 0.25) is 0 Å². The molecule has 0 bridgehead atoms. The molecule has 2 heteroatoms. The molecule has 1 saturated carbocycles. The highest BCUT2D eigenvalue weighted by molar-refractivity contribution is 4.84. The predicted octanol–water partition coefficient (Wildman–Crippen LogP) is 3.52. The van der Waals surface area contributed by atoms with Crippen molar-refractivity contribution in [3.05, 3.63) is 0 Å². The molecule has 19 heavy (non-hydrogen) atoms. The molecular formula is C17H34N2. The summed E-state index contributed by atoms with van der Waals surface area (Å²) < 4.78 is 0. The number of nitrogens with zero attached hydrogens (tertiary/aromatic N) is 1. The third kappa shape index (κ3) is 4.46. The van der Waals surface area contributed by atoms with Crippen molar-refractivity contribution in [2.75, 3.05) is 26.2 Å². The van der Waals surface area contributed by atoms with Crippen LogP contribution < -0.4 is 5.32 Å². The van der Waals surface area contributed by atoms with Gasteiger partial charge in [-0.3, -0.25) is 0 Å². The first-order chi connectivity index (χ1) is 9.20. The molecule has 1 aliphatic heterocycles. The standard InChI is InChI=1S/C17H34N2/c1-4-11-19(13-16-7-9-18-10-8-16)17-6-5-14(2)15(3)12-17/h14-18H,4-13H2,1-3H3. The van der Waals surface area contributed by atoms with E-state index in [1.807, 2.05) is 0 Å². The summed E-state index contributed by atoms with van der Waals surface area (Å²) >= 11 is 0. The van der Waals surface area contributed by atoms with E-state index >= 15 is 0 Å². The van der Waals surface area contributed by atoms with E-state index in [2.05, 4.69) is 31.0 Å². The Morgan fingerprint density at radius 3 is 2.37 bits per heavy atom. The Balaban J connectivity index is 1.87. The molecule has 0 amide bonds. The second-order valence-corrected chi connectivity index (χ2v) is 7.11. The Morgan fingerprint density at radius 1 is 1.00 bits per heavy atom. The quantitative estimate of drug-likeness (QED) is 0.819. The average Bonchev–Trinajstić information content (AvgIpc) is 2.43. The van der Waals surface area contributed by atoms with Crippen molar-refractivity contribution in [3.8, 4) is 0 Å². The molecule has 2 aliphatic rings. The summed E-state index contributed by atoms with van der Waals surface area (Å²) in [5.41, 5.74) is 0. The maximum atomic E-state index is 3.49.